The predicted octanol–water partition coefficient (Wildman–Crippen LogP) is 5.42. The molecule has 2 aromatic heterocycles. The molecule has 8 rings (SSSR count). The van der Waals surface area contributed by atoms with Crippen LogP contribution in [0.5, 0.6) is 17.2 Å². The fourth-order valence-corrected chi connectivity index (χ4v) is 8.59. The zero-order chi connectivity index (χ0) is 33.6. The molecule has 2 aromatic carbocycles. The minimum Gasteiger partial charge on any atom is -0.493 e. The molecule has 11 nitrogen and oxygen atoms in total. The number of nitrogens with zero attached hydrogens (tertiary/aromatic N) is 3. The summed E-state index contributed by atoms with van der Waals surface area (Å²) in [4.78, 5) is 34.2. The fraction of sp³-hybridized carbons (Fsp3) is 0.405. The number of nitrogen functional groups attached to an aromatic ring is 2. The average molecular weight is 650 g/mol. The van der Waals surface area contributed by atoms with E-state index in [1.165, 1.54) is 19.3 Å². The summed E-state index contributed by atoms with van der Waals surface area (Å²) in [6, 6.07) is 9.35. The molecule has 0 aliphatic heterocycles. The first kappa shape index (κ1) is 31.4. The largest absolute Gasteiger partial charge is 0.514 e. The molecule has 2 heterocycles. The van der Waals surface area contributed by atoms with Crippen LogP contribution < -0.4 is 31.1 Å². The van der Waals surface area contributed by atoms with Crippen molar-refractivity contribution in [3.8, 4) is 29.1 Å². The predicted molar refractivity (Wildman–Crippen MR) is 181 cm³/mol. The third-order valence-corrected chi connectivity index (χ3v) is 10.1. The first-order chi connectivity index (χ1) is 23.2. The number of hydrogen-bond donors (Lipinski definition) is 2. The van der Waals surface area contributed by atoms with Crippen LogP contribution in [0.1, 0.15) is 67.7 Å². The maximum Gasteiger partial charge on any atom is 0.514 e. The van der Waals surface area contributed by atoms with E-state index in [-0.39, 0.29) is 29.3 Å². The van der Waals surface area contributed by atoms with Crippen molar-refractivity contribution in [2.24, 2.45) is 17.8 Å². The summed E-state index contributed by atoms with van der Waals surface area (Å²) >= 11 is 0. The number of benzene rings is 2. The van der Waals surface area contributed by atoms with Gasteiger partial charge in [-0.05, 0) is 99.1 Å². The van der Waals surface area contributed by atoms with Gasteiger partial charge in [-0.1, -0.05) is 11.8 Å². The van der Waals surface area contributed by atoms with Crippen LogP contribution in [-0.2, 0) is 16.7 Å². The van der Waals surface area contributed by atoms with Gasteiger partial charge in [0.25, 0.3) is 0 Å². The van der Waals surface area contributed by atoms with Crippen LogP contribution >= 0.6 is 0 Å². The van der Waals surface area contributed by atoms with E-state index >= 15 is 0 Å². The van der Waals surface area contributed by atoms with Gasteiger partial charge in [-0.2, -0.15) is 4.98 Å². The van der Waals surface area contributed by atoms with Crippen LogP contribution in [0.4, 0.5) is 16.6 Å². The second kappa shape index (κ2) is 12.4. The molecule has 248 valence electrons. The van der Waals surface area contributed by atoms with Crippen LogP contribution in [-0.4, -0.2) is 41.5 Å². The number of nitrogens with two attached hydrogens (primary N) is 2. The monoisotopic (exact) mass is 649 g/mol. The van der Waals surface area contributed by atoms with Crippen molar-refractivity contribution in [2.75, 3.05) is 32.3 Å². The van der Waals surface area contributed by atoms with E-state index in [4.69, 9.17) is 30.4 Å². The maximum absolute atomic E-state index is 13.7. The van der Waals surface area contributed by atoms with Gasteiger partial charge in [-0.25, -0.2) is 9.78 Å². The minimum atomic E-state index is -0.883. The molecule has 0 radical (unpaired) electrons. The molecule has 4 saturated carbocycles. The van der Waals surface area contributed by atoms with Crippen molar-refractivity contribution in [3.05, 3.63) is 75.2 Å². The summed E-state index contributed by atoms with van der Waals surface area (Å²) in [6.45, 7) is 1.85. The Morgan fingerprint density at radius 2 is 1.73 bits per heavy atom. The Balaban J connectivity index is 1.32. The molecule has 0 spiro atoms. The van der Waals surface area contributed by atoms with Gasteiger partial charge in [-0.15, -0.1) is 0 Å². The number of aromatic nitrogens is 3. The minimum absolute atomic E-state index is 0.0173. The van der Waals surface area contributed by atoms with Gasteiger partial charge in [-0.3, -0.25) is 4.79 Å². The lowest BCUT2D eigenvalue weighted by molar-refractivity contribution is -0.0413. The zero-order valence-electron chi connectivity index (χ0n) is 27.4. The molecular weight excluding hydrogens is 610 g/mol. The lowest BCUT2D eigenvalue weighted by atomic mass is 9.53. The molecular formula is C37H39N5O6. The highest BCUT2D eigenvalue weighted by Crippen LogP contribution is 2.59. The molecule has 0 atom stereocenters. The molecule has 0 saturated heterocycles. The highest BCUT2D eigenvalue weighted by molar-refractivity contribution is 5.83. The van der Waals surface area contributed by atoms with Crippen LogP contribution in [0.25, 0.3) is 10.9 Å². The molecule has 4 aliphatic carbocycles. The Hall–Kier alpha value is -5.24. The van der Waals surface area contributed by atoms with Crippen molar-refractivity contribution in [3.63, 3.8) is 0 Å². The molecule has 4 aliphatic rings. The molecule has 0 unspecified atom stereocenters. The van der Waals surface area contributed by atoms with Crippen LogP contribution in [0.2, 0.25) is 0 Å². The second-order valence-electron chi connectivity index (χ2n) is 13.3. The smallest absolute Gasteiger partial charge is 0.493 e. The lowest BCUT2D eigenvalue weighted by Gasteiger charge is -2.57. The lowest BCUT2D eigenvalue weighted by Crippen LogP contribution is -2.52. The SMILES string of the molecule is CCOC(=O)Oc1cn(C23CC4CC(CC(C4)C2)C3)c2cc(C#Cc3cc(Cc4cnc(N)nc4N)cc(OC)c3OC)ccc2c1=O. The van der Waals surface area contributed by atoms with Crippen LogP contribution in [0.15, 0.2) is 47.5 Å². The molecule has 11 heteroatoms. The average Bonchev–Trinajstić information content (AvgIpc) is 3.05. The number of rotatable bonds is 7. The van der Waals surface area contributed by atoms with E-state index in [0.29, 0.717) is 52.4 Å². The van der Waals surface area contributed by atoms with Gasteiger partial charge in [0.05, 0.1) is 38.1 Å². The third kappa shape index (κ3) is 5.76. The van der Waals surface area contributed by atoms with E-state index in [2.05, 4.69) is 26.4 Å². The number of methoxy groups -OCH3 is 2. The summed E-state index contributed by atoms with van der Waals surface area (Å²) < 4.78 is 24.1. The number of fused-ring (bicyclic) bond motifs is 1. The van der Waals surface area contributed by atoms with E-state index in [1.54, 1.807) is 39.6 Å². The Morgan fingerprint density at radius 3 is 2.38 bits per heavy atom. The standard InChI is InChI=1S/C37H39N5O6/c1-4-47-36(44)48-31-20-42(37-16-23-9-24(17-37)11-25(10-23)18-37)29-14-21(6-8-28(29)32(31)43)5-7-26-12-22(15-30(45-2)33(26)46-3)13-27-19-40-35(39)41-34(27)38/h6,8,12,14-15,19-20,23-25H,4,9-11,13,16-18H2,1-3H3,(H4,38,39,40,41). The Morgan fingerprint density at radius 1 is 1.00 bits per heavy atom. The van der Waals surface area contributed by atoms with Gasteiger partial charge in [0, 0.05) is 34.7 Å². The van der Waals surface area contributed by atoms with Crippen molar-refractivity contribution in [1.82, 2.24) is 14.5 Å². The summed E-state index contributed by atoms with van der Waals surface area (Å²) in [5.74, 6) is 9.99. The van der Waals surface area contributed by atoms with Crippen molar-refractivity contribution < 1.29 is 23.7 Å². The first-order valence-electron chi connectivity index (χ1n) is 16.4. The zero-order valence-corrected chi connectivity index (χ0v) is 27.4. The van der Waals surface area contributed by atoms with E-state index in [9.17, 15) is 9.59 Å². The molecule has 48 heavy (non-hydrogen) atoms. The molecule has 4 bridgehead atoms. The topological polar surface area (TPSA) is 154 Å². The summed E-state index contributed by atoms with van der Waals surface area (Å²) in [5, 5.41) is 0.475. The van der Waals surface area contributed by atoms with E-state index in [1.807, 2.05) is 24.3 Å². The Labute approximate surface area is 278 Å². The maximum atomic E-state index is 13.7. The highest BCUT2D eigenvalue weighted by Gasteiger charge is 2.52. The van der Waals surface area contributed by atoms with Crippen LogP contribution in [0.3, 0.4) is 0 Å². The normalized spacial score (nSPS) is 22.2. The van der Waals surface area contributed by atoms with Crippen molar-refractivity contribution >= 4 is 28.8 Å². The molecule has 4 aromatic rings. The van der Waals surface area contributed by atoms with Crippen LogP contribution in [0, 0.1) is 29.6 Å². The van der Waals surface area contributed by atoms with Gasteiger partial charge in [0.1, 0.15) is 5.82 Å². The van der Waals surface area contributed by atoms with Gasteiger partial charge >= 0.3 is 6.16 Å². The number of pyridine rings is 1. The van der Waals surface area contributed by atoms with Crippen molar-refractivity contribution in [2.45, 2.75) is 57.4 Å². The number of carbonyl (C=O) groups is 1. The van der Waals surface area contributed by atoms with E-state index < -0.39 is 6.16 Å². The number of hydrogen-bond acceptors (Lipinski definition) is 10. The summed E-state index contributed by atoms with van der Waals surface area (Å²) in [6.07, 6.45) is 9.82. The highest BCUT2D eigenvalue weighted by atomic mass is 16.7. The van der Waals surface area contributed by atoms with Gasteiger partial charge in [0.2, 0.25) is 11.4 Å². The molecule has 4 N–H and O–H groups in total. The van der Waals surface area contributed by atoms with Gasteiger partial charge < -0.3 is 35.0 Å². The Bertz CT molecular complexity index is 2010. The number of carbonyl (C=O) groups excluding carboxylic acids is 1. The number of ether oxygens (including phenoxy) is 4. The fourth-order valence-electron chi connectivity index (χ4n) is 8.59. The van der Waals surface area contributed by atoms with Crippen molar-refractivity contribution in [1.29, 1.82) is 0 Å². The quantitative estimate of drug-likeness (QED) is 0.196. The molecule has 4 fully saturated rings. The Kier molecular flexibility index (Phi) is 8.11. The summed E-state index contributed by atoms with van der Waals surface area (Å²) in [5.41, 5.74) is 15.0. The summed E-state index contributed by atoms with van der Waals surface area (Å²) in [7, 11) is 3.15. The van der Waals surface area contributed by atoms with E-state index in [0.717, 1.165) is 41.5 Å². The second-order valence-corrected chi connectivity index (χ2v) is 13.3. The third-order valence-electron chi connectivity index (χ3n) is 10.1. The molecule has 0 amide bonds. The van der Waals surface area contributed by atoms with Gasteiger partial charge in [0.15, 0.2) is 17.2 Å². The first-order valence-corrected chi connectivity index (χ1v) is 16.4. The number of anilines is 2.